The van der Waals surface area contributed by atoms with E-state index in [-0.39, 0.29) is 12.2 Å². The lowest BCUT2D eigenvalue weighted by Crippen LogP contribution is -2.02. The first-order valence-corrected chi connectivity index (χ1v) is 4.65. The number of nitrogens with zero attached hydrogens (tertiary/aromatic N) is 4. The van der Waals surface area contributed by atoms with Gasteiger partial charge in [0.05, 0.1) is 0 Å². The molecule has 0 aliphatic carbocycles. The number of carboxylic acids is 1. The lowest BCUT2D eigenvalue weighted by molar-refractivity contribution is -0.136. The maximum Gasteiger partial charge on any atom is 0.311 e. The molecule has 78 valence electrons. The molecule has 2 rings (SSSR count). The number of aliphatic carboxylic acids is 1. The Balaban J connectivity index is 2.55. The third kappa shape index (κ3) is 1.91. The van der Waals surface area contributed by atoms with Gasteiger partial charge in [-0.2, -0.15) is 9.50 Å². The minimum Gasteiger partial charge on any atom is -0.481 e. The summed E-state index contributed by atoms with van der Waals surface area (Å²) in [5.74, 6) is -0.365. The fourth-order valence-electron chi connectivity index (χ4n) is 1.22. The minimum atomic E-state index is -0.969. The maximum atomic E-state index is 10.5. The molecule has 0 unspecified atom stereocenters. The number of fused-ring (bicyclic) bond motifs is 1. The zero-order chi connectivity index (χ0) is 11.0. The molecule has 0 saturated heterocycles. The van der Waals surface area contributed by atoms with Crippen molar-refractivity contribution in [2.75, 3.05) is 0 Å². The van der Waals surface area contributed by atoms with Gasteiger partial charge in [0.25, 0.3) is 5.78 Å². The average Bonchev–Trinajstić information content (AvgIpc) is 2.45. The number of aryl methyl sites for hydroxylation is 1. The summed E-state index contributed by atoms with van der Waals surface area (Å²) >= 11 is 4.20. The average molecular weight is 224 g/mol. The summed E-state index contributed by atoms with van der Waals surface area (Å²) in [6.07, 6.45) is -0.213. The normalized spacial score (nSPS) is 10.8. The zero-order valence-electron chi connectivity index (χ0n) is 7.88. The molecule has 0 aliphatic heterocycles. The highest BCUT2D eigenvalue weighted by Crippen LogP contribution is 2.09. The summed E-state index contributed by atoms with van der Waals surface area (Å²) in [5, 5.41) is 13.2. The number of carbonyl (C=O) groups is 1. The summed E-state index contributed by atoms with van der Waals surface area (Å²) in [7, 11) is 0. The number of thiol groups is 1. The van der Waals surface area contributed by atoms with Crippen molar-refractivity contribution in [3.05, 3.63) is 17.6 Å². The van der Waals surface area contributed by atoms with E-state index in [1.54, 1.807) is 6.07 Å². The monoisotopic (exact) mass is 224 g/mol. The number of hydrogen-bond donors (Lipinski definition) is 2. The van der Waals surface area contributed by atoms with Crippen molar-refractivity contribution < 1.29 is 9.90 Å². The number of rotatable bonds is 2. The quantitative estimate of drug-likeness (QED) is 0.568. The lowest BCUT2D eigenvalue weighted by atomic mass is 10.4. The van der Waals surface area contributed by atoms with Crippen molar-refractivity contribution >= 4 is 24.4 Å². The van der Waals surface area contributed by atoms with Gasteiger partial charge in [-0.3, -0.25) is 4.79 Å². The number of carboxylic acid groups (broad SMARTS) is 1. The molecule has 7 heteroatoms. The van der Waals surface area contributed by atoms with Crippen molar-refractivity contribution in [2.45, 2.75) is 18.4 Å². The topological polar surface area (TPSA) is 80.4 Å². The van der Waals surface area contributed by atoms with Crippen molar-refractivity contribution in [2.24, 2.45) is 0 Å². The zero-order valence-corrected chi connectivity index (χ0v) is 8.77. The Bertz CT molecular complexity index is 537. The molecule has 0 atom stereocenters. The molecule has 0 fully saturated rings. The molecular weight excluding hydrogens is 216 g/mol. The van der Waals surface area contributed by atoms with Crippen LogP contribution in [-0.4, -0.2) is 30.7 Å². The molecule has 1 N–H and O–H groups in total. The van der Waals surface area contributed by atoms with Crippen LogP contribution in [0.3, 0.4) is 0 Å². The SMILES string of the molecule is Cc1cc(S)n2nc(CC(=O)O)nc2n1. The Morgan fingerprint density at radius 3 is 3.00 bits per heavy atom. The highest BCUT2D eigenvalue weighted by molar-refractivity contribution is 7.80. The van der Waals surface area contributed by atoms with E-state index in [9.17, 15) is 4.79 Å². The summed E-state index contributed by atoms with van der Waals surface area (Å²) in [5.41, 5.74) is 0.766. The molecule has 0 aliphatic rings. The molecule has 0 bridgehead atoms. The predicted molar refractivity (Wildman–Crippen MR) is 54.1 cm³/mol. The Hall–Kier alpha value is -1.63. The number of aromatic nitrogens is 4. The van der Waals surface area contributed by atoms with Crippen molar-refractivity contribution in [1.29, 1.82) is 0 Å². The van der Waals surface area contributed by atoms with Gasteiger partial charge >= 0.3 is 5.97 Å². The molecule has 2 aromatic rings. The second-order valence-corrected chi connectivity index (χ2v) is 3.52. The van der Waals surface area contributed by atoms with Crippen molar-refractivity contribution in [3.8, 4) is 0 Å². The van der Waals surface area contributed by atoms with Gasteiger partial charge in [-0.15, -0.1) is 17.7 Å². The van der Waals surface area contributed by atoms with Crippen LogP contribution >= 0.6 is 12.6 Å². The molecular formula is C8H8N4O2S. The summed E-state index contributed by atoms with van der Waals surface area (Å²) in [6, 6.07) is 1.73. The van der Waals surface area contributed by atoms with Crippen LogP contribution in [0, 0.1) is 6.92 Å². The van der Waals surface area contributed by atoms with Gasteiger partial charge in [-0.1, -0.05) is 0 Å². The Kier molecular flexibility index (Phi) is 2.31. The Labute approximate surface area is 90.4 Å². The highest BCUT2D eigenvalue weighted by atomic mass is 32.1. The largest absolute Gasteiger partial charge is 0.481 e. The molecule has 15 heavy (non-hydrogen) atoms. The van der Waals surface area contributed by atoms with E-state index in [2.05, 4.69) is 27.7 Å². The van der Waals surface area contributed by atoms with E-state index in [0.717, 1.165) is 5.69 Å². The molecule has 0 amide bonds. The van der Waals surface area contributed by atoms with E-state index in [4.69, 9.17) is 5.11 Å². The van der Waals surface area contributed by atoms with Crippen LogP contribution in [0.1, 0.15) is 11.5 Å². The molecule has 0 saturated carbocycles. The third-order valence-electron chi connectivity index (χ3n) is 1.77. The molecule has 2 aromatic heterocycles. The Morgan fingerprint density at radius 1 is 1.60 bits per heavy atom. The van der Waals surface area contributed by atoms with Gasteiger partial charge in [0.1, 0.15) is 11.4 Å². The smallest absolute Gasteiger partial charge is 0.311 e. The lowest BCUT2D eigenvalue weighted by Gasteiger charge is -1.96. The van der Waals surface area contributed by atoms with E-state index < -0.39 is 5.97 Å². The van der Waals surface area contributed by atoms with E-state index in [1.165, 1.54) is 4.52 Å². The molecule has 0 spiro atoms. The van der Waals surface area contributed by atoms with Crippen molar-refractivity contribution in [1.82, 2.24) is 19.6 Å². The van der Waals surface area contributed by atoms with E-state index >= 15 is 0 Å². The fraction of sp³-hybridized carbons (Fsp3) is 0.250. The fourth-order valence-corrected chi connectivity index (χ4v) is 1.54. The Morgan fingerprint density at radius 2 is 2.33 bits per heavy atom. The second-order valence-electron chi connectivity index (χ2n) is 3.07. The second kappa shape index (κ2) is 3.50. The maximum absolute atomic E-state index is 10.5. The van der Waals surface area contributed by atoms with Gasteiger partial charge in [-0.05, 0) is 13.0 Å². The first kappa shape index (κ1) is 9.91. The molecule has 0 radical (unpaired) electrons. The van der Waals surface area contributed by atoms with Crippen LogP contribution in [0.25, 0.3) is 5.78 Å². The van der Waals surface area contributed by atoms with E-state index in [1.807, 2.05) is 6.92 Å². The summed E-state index contributed by atoms with van der Waals surface area (Å²) in [4.78, 5) is 18.6. The van der Waals surface area contributed by atoms with Crippen LogP contribution in [0.2, 0.25) is 0 Å². The highest BCUT2D eigenvalue weighted by Gasteiger charge is 2.10. The van der Waals surface area contributed by atoms with E-state index in [0.29, 0.717) is 10.8 Å². The van der Waals surface area contributed by atoms with Crippen molar-refractivity contribution in [3.63, 3.8) is 0 Å². The van der Waals surface area contributed by atoms with Gasteiger partial charge in [0.2, 0.25) is 0 Å². The first-order valence-electron chi connectivity index (χ1n) is 4.20. The third-order valence-corrected chi connectivity index (χ3v) is 2.09. The molecule has 2 heterocycles. The standard InChI is InChI=1S/C8H8N4O2S/c1-4-2-6(15)12-8(9-4)10-5(11-12)3-7(13)14/h2,15H,3H2,1H3,(H,13,14). The molecule has 6 nitrogen and oxygen atoms in total. The van der Waals surface area contributed by atoms with Crippen LogP contribution in [0.5, 0.6) is 0 Å². The van der Waals surface area contributed by atoms with Crippen LogP contribution in [0.4, 0.5) is 0 Å². The summed E-state index contributed by atoms with van der Waals surface area (Å²) < 4.78 is 1.41. The first-order chi connectivity index (χ1) is 7.06. The van der Waals surface area contributed by atoms with Gasteiger partial charge in [-0.25, -0.2) is 4.98 Å². The van der Waals surface area contributed by atoms with Crippen LogP contribution in [-0.2, 0) is 11.2 Å². The predicted octanol–water partition coefficient (Wildman–Crippen LogP) is 0.349. The number of hydrogen-bond acceptors (Lipinski definition) is 5. The van der Waals surface area contributed by atoms with Crippen LogP contribution < -0.4 is 0 Å². The molecule has 0 aromatic carbocycles. The van der Waals surface area contributed by atoms with Gasteiger partial charge in [0, 0.05) is 5.69 Å². The minimum absolute atomic E-state index is 0.213. The van der Waals surface area contributed by atoms with Gasteiger partial charge < -0.3 is 5.11 Å². The van der Waals surface area contributed by atoms with Gasteiger partial charge in [0.15, 0.2) is 5.82 Å². The summed E-state index contributed by atoms with van der Waals surface area (Å²) in [6.45, 7) is 1.81. The van der Waals surface area contributed by atoms with Crippen LogP contribution in [0.15, 0.2) is 11.1 Å².